The second-order valence-electron chi connectivity index (χ2n) is 4.94. The van der Waals surface area contributed by atoms with Gasteiger partial charge < -0.3 is 10.4 Å². The Bertz CT molecular complexity index is 623. The molecule has 2 aromatic carbocycles. The van der Waals surface area contributed by atoms with Crippen LogP contribution in [0.25, 0.3) is 0 Å². The van der Waals surface area contributed by atoms with Gasteiger partial charge in [0, 0.05) is 10.6 Å². The van der Waals surface area contributed by atoms with Crippen LogP contribution in [0.3, 0.4) is 0 Å². The SMILES string of the molecule is Cc1ccc(NC(=O)CSc2ccc(CO)cc2)cc1C. The predicted octanol–water partition coefficient (Wildman–Crippen LogP) is 3.53. The van der Waals surface area contributed by atoms with Crippen LogP contribution in [0.5, 0.6) is 0 Å². The molecule has 3 nitrogen and oxygen atoms in total. The maximum Gasteiger partial charge on any atom is 0.234 e. The summed E-state index contributed by atoms with van der Waals surface area (Å²) in [5.74, 6) is 0.347. The molecule has 0 aromatic heterocycles. The third kappa shape index (κ3) is 4.62. The molecule has 0 spiro atoms. The Balaban J connectivity index is 1.87. The van der Waals surface area contributed by atoms with Gasteiger partial charge in [-0.1, -0.05) is 18.2 Å². The standard InChI is InChI=1S/C17H19NO2S/c1-12-3-6-15(9-13(12)2)18-17(20)11-21-16-7-4-14(10-19)5-8-16/h3-9,19H,10-11H2,1-2H3,(H,18,20). The summed E-state index contributed by atoms with van der Waals surface area (Å²) in [7, 11) is 0. The van der Waals surface area contributed by atoms with Crippen molar-refractivity contribution in [2.45, 2.75) is 25.3 Å². The number of hydrogen-bond donors (Lipinski definition) is 2. The van der Waals surface area contributed by atoms with Crippen molar-refractivity contribution in [1.82, 2.24) is 0 Å². The molecule has 0 radical (unpaired) electrons. The molecule has 2 rings (SSSR count). The number of carbonyl (C=O) groups is 1. The fourth-order valence-electron chi connectivity index (χ4n) is 1.86. The molecule has 110 valence electrons. The van der Waals surface area contributed by atoms with Crippen molar-refractivity contribution in [3.63, 3.8) is 0 Å². The number of hydrogen-bond acceptors (Lipinski definition) is 3. The molecule has 0 atom stereocenters. The zero-order valence-corrected chi connectivity index (χ0v) is 13.0. The lowest BCUT2D eigenvalue weighted by molar-refractivity contribution is -0.113. The molecule has 0 aliphatic rings. The highest BCUT2D eigenvalue weighted by molar-refractivity contribution is 8.00. The second kappa shape index (κ2) is 7.29. The molecule has 0 unspecified atom stereocenters. The van der Waals surface area contributed by atoms with Gasteiger partial charge in [0.15, 0.2) is 0 Å². The van der Waals surface area contributed by atoms with Gasteiger partial charge in [0.05, 0.1) is 12.4 Å². The van der Waals surface area contributed by atoms with E-state index < -0.39 is 0 Å². The summed E-state index contributed by atoms with van der Waals surface area (Å²) in [5.41, 5.74) is 4.09. The number of thioether (sulfide) groups is 1. The van der Waals surface area contributed by atoms with E-state index in [1.54, 1.807) is 0 Å². The molecule has 0 aliphatic heterocycles. The zero-order valence-electron chi connectivity index (χ0n) is 12.2. The molecule has 0 bridgehead atoms. The molecule has 1 amide bonds. The largest absolute Gasteiger partial charge is 0.392 e. The molecule has 2 N–H and O–H groups in total. The first-order valence-electron chi connectivity index (χ1n) is 6.78. The summed E-state index contributed by atoms with van der Waals surface area (Å²) in [6, 6.07) is 13.5. The van der Waals surface area contributed by atoms with E-state index >= 15 is 0 Å². The molecule has 0 heterocycles. The normalized spacial score (nSPS) is 10.4. The fourth-order valence-corrected chi connectivity index (χ4v) is 2.55. The van der Waals surface area contributed by atoms with Crippen molar-refractivity contribution in [1.29, 1.82) is 0 Å². The van der Waals surface area contributed by atoms with Crippen molar-refractivity contribution in [3.8, 4) is 0 Å². The number of aliphatic hydroxyl groups excluding tert-OH is 1. The number of aryl methyl sites for hydroxylation is 2. The van der Waals surface area contributed by atoms with Crippen LogP contribution in [0, 0.1) is 13.8 Å². The van der Waals surface area contributed by atoms with Gasteiger partial charge in [0.25, 0.3) is 0 Å². The average molecular weight is 301 g/mol. The topological polar surface area (TPSA) is 49.3 Å². The first kappa shape index (κ1) is 15.6. The van der Waals surface area contributed by atoms with Crippen LogP contribution in [0.15, 0.2) is 47.4 Å². The second-order valence-corrected chi connectivity index (χ2v) is 5.99. The maximum atomic E-state index is 11.9. The van der Waals surface area contributed by atoms with Gasteiger partial charge in [-0.15, -0.1) is 11.8 Å². The van der Waals surface area contributed by atoms with Crippen LogP contribution < -0.4 is 5.32 Å². The number of benzene rings is 2. The lowest BCUT2D eigenvalue weighted by Gasteiger charge is -2.08. The Morgan fingerprint density at radius 2 is 1.81 bits per heavy atom. The number of amides is 1. The van der Waals surface area contributed by atoms with Crippen LogP contribution in [0.1, 0.15) is 16.7 Å². The third-order valence-corrected chi connectivity index (χ3v) is 4.28. The van der Waals surface area contributed by atoms with E-state index in [-0.39, 0.29) is 12.5 Å². The first-order valence-corrected chi connectivity index (χ1v) is 7.77. The lowest BCUT2D eigenvalue weighted by Crippen LogP contribution is -2.14. The minimum absolute atomic E-state index is 0.0190. The van der Waals surface area contributed by atoms with Gasteiger partial charge in [-0.3, -0.25) is 4.79 Å². The van der Waals surface area contributed by atoms with E-state index in [1.165, 1.54) is 22.9 Å². The van der Waals surface area contributed by atoms with Crippen molar-refractivity contribution < 1.29 is 9.90 Å². The molecule has 21 heavy (non-hydrogen) atoms. The van der Waals surface area contributed by atoms with E-state index in [1.807, 2.05) is 56.3 Å². The summed E-state index contributed by atoms with van der Waals surface area (Å²) < 4.78 is 0. The summed E-state index contributed by atoms with van der Waals surface area (Å²) in [6.45, 7) is 4.12. The molecule has 2 aromatic rings. The number of rotatable bonds is 5. The highest BCUT2D eigenvalue weighted by Gasteiger charge is 2.05. The Hall–Kier alpha value is -1.78. The first-order chi connectivity index (χ1) is 10.1. The summed E-state index contributed by atoms with van der Waals surface area (Å²) in [4.78, 5) is 12.9. The Kier molecular flexibility index (Phi) is 5.42. The van der Waals surface area contributed by atoms with E-state index in [0.717, 1.165) is 16.1 Å². The van der Waals surface area contributed by atoms with Crippen molar-refractivity contribution in [2.75, 3.05) is 11.1 Å². The summed E-state index contributed by atoms with van der Waals surface area (Å²) in [5, 5.41) is 11.9. The van der Waals surface area contributed by atoms with E-state index in [2.05, 4.69) is 5.32 Å². The van der Waals surface area contributed by atoms with Crippen LogP contribution in [0.4, 0.5) is 5.69 Å². The summed E-state index contributed by atoms with van der Waals surface area (Å²) in [6.07, 6.45) is 0. The fraction of sp³-hybridized carbons (Fsp3) is 0.235. The van der Waals surface area contributed by atoms with Crippen molar-refractivity contribution in [2.24, 2.45) is 0 Å². The molecule has 0 saturated carbocycles. The Morgan fingerprint density at radius 3 is 2.43 bits per heavy atom. The van der Waals surface area contributed by atoms with Crippen LogP contribution in [0.2, 0.25) is 0 Å². The maximum absolute atomic E-state index is 11.9. The molecule has 0 fully saturated rings. The monoisotopic (exact) mass is 301 g/mol. The lowest BCUT2D eigenvalue weighted by atomic mass is 10.1. The smallest absolute Gasteiger partial charge is 0.234 e. The molecular formula is C17H19NO2S. The van der Waals surface area contributed by atoms with Gasteiger partial charge in [0.2, 0.25) is 5.91 Å². The molecular weight excluding hydrogens is 282 g/mol. The number of carbonyl (C=O) groups excluding carboxylic acids is 1. The molecule has 4 heteroatoms. The van der Waals surface area contributed by atoms with Gasteiger partial charge >= 0.3 is 0 Å². The van der Waals surface area contributed by atoms with Gasteiger partial charge in [0.1, 0.15) is 0 Å². The average Bonchev–Trinajstić information content (AvgIpc) is 2.49. The minimum Gasteiger partial charge on any atom is -0.392 e. The van der Waals surface area contributed by atoms with E-state index in [9.17, 15) is 4.79 Å². The van der Waals surface area contributed by atoms with Gasteiger partial charge in [-0.05, 0) is 54.8 Å². The number of nitrogens with one attached hydrogen (secondary N) is 1. The van der Waals surface area contributed by atoms with Crippen molar-refractivity contribution >= 4 is 23.4 Å². The Labute approximate surface area is 129 Å². The van der Waals surface area contributed by atoms with E-state index in [0.29, 0.717) is 5.75 Å². The molecule has 0 aliphatic carbocycles. The summed E-state index contributed by atoms with van der Waals surface area (Å²) >= 11 is 1.48. The van der Waals surface area contributed by atoms with Crippen LogP contribution in [-0.4, -0.2) is 16.8 Å². The highest BCUT2D eigenvalue weighted by Crippen LogP contribution is 2.19. The zero-order chi connectivity index (χ0) is 15.2. The Morgan fingerprint density at radius 1 is 1.10 bits per heavy atom. The number of anilines is 1. The van der Waals surface area contributed by atoms with E-state index in [4.69, 9.17) is 5.11 Å². The quantitative estimate of drug-likeness (QED) is 0.831. The van der Waals surface area contributed by atoms with Crippen molar-refractivity contribution in [3.05, 3.63) is 59.2 Å². The van der Waals surface area contributed by atoms with Gasteiger partial charge in [-0.2, -0.15) is 0 Å². The highest BCUT2D eigenvalue weighted by atomic mass is 32.2. The van der Waals surface area contributed by atoms with Crippen LogP contribution in [-0.2, 0) is 11.4 Å². The van der Waals surface area contributed by atoms with Crippen LogP contribution >= 0.6 is 11.8 Å². The minimum atomic E-state index is -0.0190. The third-order valence-electron chi connectivity index (χ3n) is 3.27. The molecule has 0 saturated heterocycles. The number of aliphatic hydroxyl groups is 1. The van der Waals surface area contributed by atoms with Gasteiger partial charge in [-0.25, -0.2) is 0 Å². The predicted molar refractivity (Wildman–Crippen MR) is 87.6 cm³/mol.